The summed E-state index contributed by atoms with van der Waals surface area (Å²) in [5.41, 5.74) is 1.55. The first kappa shape index (κ1) is 19.0. The molecule has 8 nitrogen and oxygen atoms in total. The normalized spacial score (nSPS) is 15.9. The number of amides is 1. The summed E-state index contributed by atoms with van der Waals surface area (Å²) in [6.07, 6.45) is 4.15. The number of carboxylic acids is 1. The third-order valence-corrected chi connectivity index (χ3v) is 5.02. The number of hydrogen-bond acceptors (Lipinski definition) is 5. The standard InChI is InChI=1S/C19H25N5O3/c1-2-3-15(19(26)27)16(17-21-23-24-22-17)10-12-6-8-14(9-7-12)18(25)20-11-13-4-5-13/h6-9,13,15-16H,2-5,10-11H2,1H3,(H,20,25)(H,26,27)(H,21,22,23,24). The molecular formula is C19H25N5O3. The zero-order valence-corrected chi connectivity index (χ0v) is 15.4. The summed E-state index contributed by atoms with van der Waals surface area (Å²) in [7, 11) is 0. The van der Waals surface area contributed by atoms with Gasteiger partial charge in [0.1, 0.15) is 0 Å². The van der Waals surface area contributed by atoms with E-state index in [0.29, 0.717) is 30.1 Å². The Morgan fingerprint density at radius 1 is 1.30 bits per heavy atom. The smallest absolute Gasteiger partial charge is 0.307 e. The molecule has 3 N–H and O–H groups in total. The number of aliphatic carboxylic acids is 1. The van der Waals surface area contributed by atoms with E-state index in [0.717, 1.165) is 18.5 Å². The molecule has 27 heavy (non-hydrogen) atoms. The third kappa shape index (κ3) is 5.12. The molecule has 0 spiro atoms. The summed E-state index contributed by atoms with van der Waals surface area (Å²) in [6, 6.07) is 7.29. The molecule has 1 fully saturated rings. The minimum absolute atomic E-state index is 0.0717. The number of carbonyl (C=O) groups excluding carboxylic acids is 1. The molecule has 2 aromatic rings. The van der Waals surface area contributed by atoms with Gasteiger partial charge in [0, 0.05) is 18.0 Å². The molecule has 1 aromatic heterocycles. The lowest BCUT2D eigenvalue weighted by Crippen LogP contribution is -2.26. The molecule has 1 aromatic carbocycles. The second kappa shape index (κ2) is 8.75. The molecule has 2 unspecified atom stereocenters. The van der Waals surface area contributed by atoms with Crippen LogP contribution in [0.4, 0.5) is 0 Å². The zero-order chi connectivity index (χ0) is 19.2. The van der Waals surface area contributed by atoms with E-state index in [-0.39, 0.29) is 11.8 Å². The maximum Gasteiger partial charge on any atom is 0.307 e. The average molecular weight is 371 g/mol. The molecule has 2 atom stereocenters. The van der Waals surface area contributed by atoms with Crippen LogP contribution in [-0.2, 0) is 11.2 Å². The molecule has 1 aliphatic rings. The fraction of sp³-hybridized carbons (Fsp3) is 0.526. The minimum atomic E-state index is -0.859. The van der Waals surface area contributed by atoms with Crippen LogP contribution in [0.5, 0.6) is 0 Å². The summed E-state index contributed by atoms with van der Waals surface area (Å²) in [4.78, 5) is 23.9. The van der Waals surface area contributed by atoms with Crippen LogP contribution in [0.1, 0.15) is 60.3 Å². The number of rotatable bonds is 10. The maximum atomic E-state index is 12.2. The molecule has 144 valence electrons. The molecule has 1 amide bonds. The zero-order valence-electron chi connectivity index (χ0n) is 15.4. The van der Waals surface area contributed by atoms with Gasteiger partial charge >= 0.3 is 5.97 Å². The number of benzene rings is 1. The summed E-state index contributed by atoms with van der Waals surface area (Å²) >= 11 is 0. The van der Waals surface area contributed by atoms with Gasteiger partial charge in [0.2, 0.25) is 0 Å². The first-order chi connectivity index (χ1) is 13.1. The summed E-state index contributed by atoms with van der Waals surface area (Å²) in [5.74, 6) is -0.859. The number of aromatic amines is 1. The molecular weight excluding hydrogens is 346 g/mol. The molecule has 3 rings (SSSR count). The number of nitrogens with one attached hydrogen (secondary N) is 2. The van der Waals surface area contributed by atoms with E-state index >= 15 is 0 Å². The van der Waals surface area contributed by atoms with Crippen LogP contribution >= 0.6 is 0 Å². The van der Waals surface area contributed by atoms with Gasteiger partial charge in [-0.05, 0) is 49.3 Å². The highest BCUT2D eigenvalue weighted by Gasteiger charge is 2.32. The van der Waals surface area contributed by atoms with Gasteiger partial charge in [-0.15, -0.1) is 10.2 Å². The van der Waals surface area contributed by atoms with E-state index in [2.05, 4.69) is 25.9 Å². The first-order valence-corrected chi connectivity index (χ1v) is 9.41. The molecule has 8 heteroatoms. The van der Waals surface area contributed by atoms with Crippen molar-refractivity contribution in [3.05, 3.63) is 41.2 Å². The maximum absolute atomic E-state index is 12.2. The van der Waals surface area contributed by atoms with Crippen molar-refractivity contribution in [2.24, 2.45) is 11.8 Å². The van der Waals surface area contributed by atoms with E-state index < -0.39 is 11.9 Å². The summed E-state index contributed by atoms with van der Waals surface area (Å²) < 4.78 is 0. The van der Waals surface area contributed by atoms with Crippen LogP contribution in [0.15, 0.2) is 24.3 Å². The van der Waals surface area contributed by atoms with Crippen LogP contribution in [0.3, 0.4) is 0 Å². The number of aromatic nitrogens is 4. The average Bonchev–Trinajstić information content (AvgIpc) is 3.34. The predicted octanol–water partition coefficient (Wildman–Crippen LogP) is 2.17. The Kier molecular flexibility index (Phi) is 6.16. The highest BCUT2D eigenvalue weighted by Crippen LogP contribution is 2.30. The molecule has 1 saturated carbocycles. The molecule has 0 radical (unpaired) electrons. The van der Waals surface area contributed by atoms with E-state index in [1.54, 1.807) is 12.1 Å². The molecule has 1 aliphatic carbocycles. The fourth-order valence-electron chi connectivity index (χ4n) is 3.26. The van der Waals surface area contributed by atoms with E-state index in [1.165, 1.54) is 12.8 Å². The quantitative estimate of drug-likeness (QED) is 0.588. The second-order valence-corrected chi connectivity index (χ2v) is 7.16. The van der Waals surface area contributed by atoms with E-state index in [1.807, 2.05) is 19.1 Å². The van der Waals surface area contributed by atoms with Crippen molar-refractivity contribution >= 4 is 11.9 Å². The largest absolute Gasteiger partial charge is 0.481 e. The van der Waals surface area contributed by atoms with Crippen molar-refractivity contribution in [3.8, 4) is 0 Å². The Bertz CT molecular complexity index is 756. The Morgan fingerprint density at radius 2 is 2.04 bits per heavy atom. The van der Waals surface area contributed by atoms with Crippen molar-refractivity contribution in [2.75, 3.05) is 6.54 Å². The third-order valence-electron chi connectivity index (χ3n) is 5.02. The predicted molar refractivity (Wildman–Crippen MR) is 98.2 cm³/mol. The number of carbonyl (C=O) groups is 2. The van der Waals surface area contributed by atoms with Crippen LogP contribution in [-0.4, -0.2) is 44.2 Å². The minimum Gasteiger partial charge on any atom is -0.481 e. The van der Waals surface area contributed by atoms with Gasteiger partial charge in [-0.2, -0.15) is 5.21 Å². The van der Waals surface area contributed by atoms with Gasteiger partial charge in [-0.25, -0.2) is 0 Å². The second-order valence-electron chi connectivity index (χ2n) is 7.16. The molecule has 0 saturated heterocycles. The molecule has 0 bridgehead atoms. The van der Waals surface area contributed by atoms with Gasteiger partial charge < -0.3 is 10.4 Å². The van der Waals surface area contributed by atoms with Gasteiger partial charge in [-0.3, -0.25) is 9.59 Å². The van der Waals surface area contributed by atoms with Gasteiger partial charge in [0.05, 0.1) is 5.92 Å². The van der Waals surface area contributed by atoms with Crippen LogP contribution in [0.25, 0.3) is 0 Å². The summed E-state index contributed by atoms with van der Waals surface area (Å²) in [5, 5.41) is 26.6. The van der Waals surface area contributed by atoms with Crippen LogP contribution in [0, 0.1) is 11.8 Å². The number of tetrazole rings is 1. The van der Waals surface area contributed by atoms with E-state index in [4.69, 9.17) is 0 Å². The van der Waals surface area contributed by atoms with E-state index in [9.17, 15) is 14.7 Å². The lowest BCUT2D eigenvalue weighted by molar-refractivity contribution is -0.143. The highest BCUT2D eigenvalue weighted by molar-refractivity contribution is 5.94. The van der Waals surface area contributed by atoms with Crippen molar-refractivity contribution in [3.63, 3.8) is 0 Å². The summed E-state index contributed by atoms with van der Waals surface area (Å²) in [6.45, 7) is 2.69. The van der Waals surface area contributed by atoms with Crippen LogP contribution in [0.2, 0.25) is 0 Å². The Hall–Kier alpha value is -2.77. The topological polar surface area (TPSA) is 121 Å². The Morgan fingerprint density at radius 3 is 2.59 bits per heavy atom. The Labute approximate surface area is 157 Å². The van der Waals surface area contributed by atoms with Crippen LogP contribution < -0.4 is 5.32 Å². The molecule has 0 aliphatic heterocycles. The van der Waals surface area contributed by atoms with Crippen molar-refractivity contribution in [2.45, 2.75) is 44.9 Å². The van der Waals surface area contributed by atoms with Gasteiger partial charge in [0.25, 0.3) is 5.91 Å². The highest BCUT2D eigenvalue weighted by atomic mass is 16.4. The lowest BCUT2D eigenvalue weighted by Gasteiger charge is -2.21. The SMILES string of the molecule is CCCC(C(=O)O)C(Cc1ccc(C(=O)NCC2CC2)cc1)c1nn[nH]n1. The fourth-order valence-corrected chi connectivity index (χ4v) is 3.26. The monoisotopic (exact) mass is 371 g/mol. The lowest BCUT2D eigenvalue weighted by atomic mass is 9.83. The van der Waals surface area contributed by atoms with Crippen molar-refractivity contribution in [1.82, 2.24) is 25.9 Å². The molecule has 1 heterocycles. The van der Waals surface area contributed by atoms with Gasteiger partial charge in [0.15, 0.2) is 5.82 Å². The van der Waals surface area contributed by atoms with Crippen molar-refractivity contribution in [1.29, 1.82) is 0 Å². The Balaban J connectivity index is 1.71. The number of hydrogen-bond donors (Lipinski definition) is 3. The number of H-pyrrole nitrogens is 1. The van der Waals surface area contributed by atoms with Gasteiger partial charge in [-0.1, -0.05) is 30.7 Å². The number of carboxylic acid groups (broad SMARTS) is 1. The first-order valence-electron chi connectivity index (χ1n) is 9.41. The van der Waals surface area contributed by atoms with Crippen molar-refractivity contribution < 1.29 is 14.7 Å². The number of nitrogens with zero attached hydrogens (tertiary/aromatic N) is 3.